The summed E-state index contributed by atoms with van der Waals surface area (Å²) >= 11 is 0. The van der Waals surface area contributed by atoms with Gasteiger partial charge in [0.05, 0.1) is 12.0 Å². The molecule has 82 valence electrons. The Morgan fingerprint density at radius 1 is 1.21 bits per heavy atom. The van der Waals surface area contributed by atoms with Gasteiger partial charge in [-0.3, -0.25) is 4.79 Å². The van der Waals surface area contributed by atoms with Crippen LogP contribution in [0.25, 0.3) is 0 Å². The van der Waals surface area contributed by atoms with E-state index in [0.717, 1.165) is 0 Å². The molecule has 5 heteroatoms. The third-order valence-electron chi connectivity index (χ3n) is 1.29. The maximum Gasteiger partial charge on any atom is 0.344 e. The van der Waals surface area contributed by atoms with Crippen LogP contribution in [0.3, 0.4) is 0 Å². The van der Waals surface area contributed by atoms with Crippen LogP contribution in [-0.4, -0.2) is 36.9 Å². The van der Waals surface area contributed by atoms with Crippen LogP contribution in [0.2, 0.25) is 0 Å². The van der Waals surface area contributed by atoms with E-state index in [2.05, 4.69) is 9.47 Å². The molecular weight excluding hydrogens is 188 g/mol. The van der Waals surface area contributed by atoms with E-state index in [-0.39, 0.29) is 13.2 Å². The van der Waals surface area contributed by atoms with E-state index in [1.807, 2.05) is 0 Å². The van der Waals surface area contributed by atoms with Gasteiger partial charge in [-0.25, -0.2) is 4.79 Å². The minimum Gasteiger partial charge on any atom is -0.461 e. The zero-order valence-corrected chi connectivity index (χ0v) is 8.70. The molecule has 14 heavy (non-hydrogen) atoms. The lowest BCUT2D eigenvalue weighted by molar-refractivity contribution is -0.164. The summed E-state index contributed by atoms with van der Waals surface area (Å²) in [6.07, 6.45) is 0. The third-order valence-corrected chi connectivity index (χ3v) is 1.29. The molecule has 1 N–H and O–H groups in total. The Bertz CT molecular complexity index is 204. The van der Waals surface area contributed by atoms with Crippen LogP contribution < -0.4 is 0 Å². The van der Waals surface area contributed by atoms with Gasteiger partial charge < -0.3 is 14.6 Å². The second-order valence-corrected chi connectivity index (χ2v) is 3.77. The van der Waals surface area contributed by atoms with E-state index in [1.54, 1.807) is 20.8 Å². The van der Waals surface area contributed by atoms with Crippen molar-refractivity contribution in [1.82, 2.24) is 0 Å². The quantitative estimate of drug-likeness (QED) is 0.658. The molecule has 0 rings (SSSR count). The van der Waals surface area contributed by atoms with Gasteiger partial charge in [0.1, 0.15) is 6.61 Å². The number of carbonyl (C=O) groups is 2. The Kier molecular flexibility index (Phi) is 5.15. The van der Waals surface area contributed by atoms with Gasteiger partial charge in [-0.2, -0.15) is 0 Å². The first kappa shape index (κ1) is 12.9. The molecule has 0 aromatic rings. The Hall–Kier alpha value is -1.10. The molecule has 0 saturated heterocycles. The van der Waals surface area contributed by atoms with Crippen LogP contribution in [0.5, 0.6) is 0 Å². The Morgan fingerprint density at radius 3 is 2.21 bits per heavy atom. The number of ether oxygens (including phenoxy) is 2. The summed E-state index contributed by atoms with van der Waals surface area (Å²) < 4.78 is 9.16. The highest BCUT2D eigenvalue weighted by Gasteiger charge is 2.23. The zero-order valence-electron chi connectivity index (χ0n) is 8.70. The van der Waals surface area contributed by atoms with Crippen molar-refractivity contribution in [3.05, 3.63) is 0 Å². The van der Waals surface area contributed by atoms with Crippen LogP contribution in [0.4, 0.5) is 0 Å². The highest BCUT2D eigenvalue weighted by Crippen LogP contribution is 2.14. The van der Waals surface area contributed by atoms with Gasteiger partial charge >= 0.3 is 11.9 Å². The fourth-order valence-electron chi connectivity index (χ4n) is 0.542. The maximum atomic E-state index is 11.2. The van der Waals surface area contributed by atoms with E-state index in [0.29, 0.717) is 0 Å². The molecule has 0 aliphatic rings. The standard InChI is InChI=1S/C9H16O5/c1-9(2,3)8(12)14-6-7(11)13-5-4-10/h10H,4-6H2,1-3H3. The Balaban J connectivity index is 3.73. The van der Waals surface area contributed by atoms with Gasteiger partial charge in [0.2, 0.25) is 0 Å². The molecular formula is C9H16O5. The predicted molar refractivity (Wildman–Crippen MR) is 48.5 cm³/mol. The maximum absolute atomic E-state index is 11.2. The molecule has 0 aliphatic carbocycles. The normalized spacial score (nSPS) is 10.9. The van der Waals surface area contributed by atoms with Gasteiger partial charge in [0.25, 0.3) is 0 Å². The van der Waals surface area contributed by atoms with E-state index < -0.39 is 24.0 Å². The van der Waals surface area contributed by atoms with Crippen molar-refractivity contribution in [2.45, 2.75) is 20.8 Å². The summed E-state index contributed by atoms with van der Waals surface area (Å²) in [6, 6.07) is 0. The molecule has 0 heterocycles. The smallest absolute Gasteiger partial charge is 0.344 e. The molecule has 0 aromatic carbocycles. The summed E-state index contributed by atoms with van der Waals surface area (Å²) in [5.74, 6) is -1.12. The van der Waals surface area contributed by atoms with Crippen molar-refractivity contribution in [3.8, 4) is 0 Å². The number of aliphatic hydroxyl groups is 1. The number of esters is 2. The van der Waals surface area contributed by atoms with Gasteiger partial charge in [-0.1, -0.05) is 0 Å². The molecule has 0 aliphatic heterocycles. The van der Waals surface area contributed by atoms with Crippen molar-refractivity contribution in [2.75, 3.05) is 19.8 Å². The second-order valence-electron chi connectivity index (χ2n) is 3.77. The predicted octanol–water partition coefficient (Wildman–Crippen LogP) is 0.111. The summed E-state index contributed by atoms with van der Waals surface area (Å²) in [7, 11) is 0. The molecule has 5 nitrogen and oxygen atoms in total. The van der Waals surface area contributed by atoms with Gasteiger partial charge in [-0.15, -0.1) is 0 Å². The van der Waals surface area contributed by atoms with Crippen molar-refractivity contribution in [2.24, 2.45) is 5.41 Å². The van der Waals surface area contributed by atoms with E-state index >= 15 is 0 Å². The van der Waals surface area contributed by atoms with Crippen molar-refractivity contribution < 1.29 is 24.2 Å². The first-order valence-electron chi connectivity index (χ1n) is 4.31. The number of rotatable bonds is 4. The lowest BCUT2D eigenvalue weighted by atomic mass is 9.97. The third kappa shape index (κ3) is 5.53. The zero-order chi connectivity index (χ0) is 11.2. The summed E-state index contributed by atoms with van der Waals surface area (Å²) in [6.45, 7) is 4.35. The van der Waals surface area contributed by atoms with Gasteiger partial charge in [0.15, 0.2) is 6.61 Å². The molecule has 0 fully saturated rings. The number of carbonyl (C=O) groups excluding carboxylic acids is 2. The monoisotopic (exact) mass is 204 g/mol. The fraction of sp³-hybridized carbons (Fsp3) is 0.778. The van der Waals surface area contributed by atoms with E-state index in [1.165, 1.54) is 0 Å². The number of aliphatic hydroxyl groups excluding tert-OH is 1. The lowest BCUT2D eigenvalue weighted by Gasteiger charge is -2.15. The minimum atomic E-state index is -0.656. The molecule has 0 atom stereocenters. The second kappa shape index (κ2) is 5.59. The van der Waals surface area contributed by atoms with Crippen LogP contribution in [0.1, 0.15) is 20.8 Å². The number of hydrogen-bond acceptors (Lipinski definition) is 5. The summed E-state index contributed by atoms with van der Waals surface area (Å²) in [5, 5.41) is 8.34. The highest BCUT2D eigenvalue weighted by molar-refractivity contribution is 5.79. The fourth-order valence-corrected chi connectivity index (χ4v) is 0.542. The average Bonchev–Trinajstić information content (AvgIpc) is 2.09. The highest BCUT2D eigenvalue weighted by atomic mass is 16.6. The van der Waals surface area contributed by atoms with Crippen LogP contribution in [-0.2, 0) is 19.1 Å². The van der Waals surface area contributed by atoms with Crippen LogP contribution >= 0.6 is 0 Å². The van der Waals surface area contributed by atoms with Crippen LogP contribution in [0, 0.1) is 5.41 Å². The molecule has 0 aromatic heterocycles. The molecule has 0 radical (unpaired) electrons. The SMILES string of the molecule is CC(C)(C)C(=O)OCC(=O)OCCO. The van der Waals surface area contributed by atoms with Crippen molar-refractivity contribution in [1.29, 1.82) is 0 Å². The Labute approximate surface area is 83.0 Å². The van der Waals surface area contributed by atoms with Crippen LogP contribution in [0.15, 0.2) is 0 Å². The summed E-state index contributed by atoms with van der Waals surface area (Å²) in [4.78, 5) is 22.0. The van der Waals surface area contributed by atoms with Crippen molar-refractivity contribution >= 4 is 11.9 Å². The topological polar surface area (TPSA) is 72.8 Å². The molecule has 0 spiro atoms. The average molecular weight is 204 g/mol. The first-order valence-corrected chi connectivity index (χ1v) is 4.31. The lowest BCUT2D eigenvalue weighted by Crippen LogP contribution is -2.26. The molecule has 0 bridgehead atoms. The molecule has 0 saturated carbocycles. The van der Waals surface area contributed by atoms with E-state index in [4.69, 9.17) is 5.11 Å². The Morgan fingerprint density at radius 2 is 1.79 bits per heavy atom. The van der Waals surface area contributed by atoms with Gasteiger partial charge in [-0.05, 0) is 20.8 Å². The summed E-state index contributed by atoms with van der Waals surface area (Å²) in [5.41, 5.74) is -0.628. The largest absolute Gasteiger partial charge is 0.461 e. The van der Waals surface area contributed by atoms with Crippen molar-refractivity contribution in [3.63, 3.8) is 0 Å². The first-order chi connectivity index (χ1) is 6.38. The van der Waals surface area contributed by atoms with Gasteiger partial charge in [0, 0.05) is 0 Å². The van der Waals surface area contributed by atoms with E-state index in [9.17, 15) is 9.59 Å². The number of hydrogen-bond donors (Lipinski definition) is 1. The molecule has 0 unspecified atom stereocenters. The molecule has 0 amide bonds. The minimum absolute atomic E-state index is 0.0775.